The minimum Gasteiger partial charge on any atom is -0.493 e. The highest BCUT2D eigenvalue weighted by Crippen LogP contribution is 2.32. The lowest BCUT2D eigenvalue weighted by molar-refractivity contribution is -0.133. The molecular weight excluding hydrogens is 328 g/mol. The third-order valence-corrected chi connectivity index (χ3v) is 5.48. The Morgan fingerprint density at radius 2 is 1.92 bits per heavy atom. The number of rotatable bonds is 7. The first-order chi connectivity index (χ1) is 12.6. The number of hydrogen-bond donors (Lipinski definition) is 0. The van der Waals surface area contributed by atoms with Gasteiger partial charge in [0, 0.05) is 32.2 Å². The van der Waals surface area contributed by atoms with E-state index in [-0.39, 0.29) is 12.5 Å². The highest BCUT2D eigenvalue weighted by Gasteiger charge is 2.33. The van der Waals surface area contributed by atoms with Crippen molar-refractivity contribution in [3.05, 3.63) is 24.3 Å². The van der Waals surface area contributed by atoms with E-state index in [0.717, 1.165) is 32.0 Å². The summed E-state index contributed by atoms with van der Waals surface area (Å²) in [5.74, 6) is 2.76. The molecule has 0 spiro atoms. The Balaban J connectivity index is 1.59. The van der Waals surface area contributed by atoms with Gasteiger partial charge in [-0.1, -0.05) is 26.0 Å². The van der Waals surface area contributed by atoms with Gasteiger partial charge in [0.05, 0.1) is 7.11 Å². The number of benzene rings is 1. The molecule has 5 heteroatoms. The summed E-state index contributed by atoms with van der Waals surface area (Å²) >= 11 is 0. The van der Waals surface area contributed by atoms with Crippen LogP contribution in [0.4, 0.5) is 0 Å². The van der Waals surface area contributed by atoms with E-state index in [9.17, 15) is 4.79 Å². The largest absolute Gasteiger partial charge is 0.493 e. The number of hydrogen-bond acceptors (Lipinski definition) is 4. The first-order valence-electron chi connectivity index (χ1n) is 9.86. The normalized spacial score (nSPS) is 21.5. The second-order valence-corrected chi connectivity index (χ2v) is 7.88. The number of amides is 1. The summed E-state index contributed by atoms with van der Waals surface area (Å²) in [6.07, 6.45) is 3.78. The SMILES string of the molecule is COc1ccccc1OCC(=O)N1CCCN(CC2CC2)[C@H](C(C)C)C1. The van der Waals surface area contributed by atoms with Crippen molar-refractivity contribution in [3.63, 3.8) is 0 Å². The van der Waals surface area contributed by atoms with Crippen molar-refractivity contribution in [2.45, 2.75) is 39.2 Å². The molecule has 0 bridgehead atoms. The lowest BCUT2D eigenvalue weighted by atomic mass is 10.0. The maximum Gasteiger partial charge on any atom is 0.260 e. The van der Waals surface area contributed by atoms with Crippen LogP contribution in [0.15, 0.2) is 24.3 Å². The van der Waals surface area contributed by atoms with Crippen molar-refractivity contribution >= 4 is 5.91 Å². The first-order valence-corrected chi connectivity index (χ1v) is 9.86. The van der Waals surface area contributed by atoms with Gasteiger partial charge >= 0.3 is 0 Å². The number of ether oxygens (including phenoxy) is 2. The Kier molecular flexibility index (Phi) is 6.41. The van der Waals surface area contributed by atoms with Gasteiger partial charge in [-0.05, 0) is 43.2 Å². The molecule has 0 radical (unpaired) electrons. The molecule has 5 nitrogen and oxygen atoms in total. The minimum absolute atomic E-state index is 0.0633. The van der Waals surface area contributed by atoms with Gasteiger partial charge in [-0.2, -0.15) is 0 Å². The van der Waals surface area contributed by atoms with Crippen LogP contribution in [-0.4, -0.2) is 61.6 Å². The third-order valence-electron chi connectivity index (χ3n) is 5.48. The van der Waals surface area contributed by atoms with Gasteiger partial charge < -0.3 is 14.4 Å². The highest BCUT2D eigenvalue weighted by molar-refractivity contribution is 5.78. The molecule has 0 aromatic heterocycles. The molecule has 1 aliphatic carbocycles. The fraction of sp³-hybridized carbons (Fsp3) is 0.667. The summed E-state index contributed by atoms with van der Waals surface area (Å²) < 4.78 is 11.0. The molecule has 26 heavy (non-hydrogen) atoms. The molecule has 1 aromatic carbocycles. The van der Waals surface area contributed by atoms with Crippen LogP contribution in [0, 0.1) is 11.8 Å². The lowest BCUT2D eigenvalue weighted by Crippen LogP contribution is -2.47. The Bertz CT molecular complexity index is 601. The molecule has 2 fully saturated rings. The number of nitrogens with zero attached hydrogens (tertiary/aromatic N) is 2. The van der Waals surface area contributed by atoms with Crippen LogP contribution in [0.5, 0.6) is 11.5 Å². The topological polar surface area (TPSA) is 42.0 Å². The van der Waals surface area contributed by atoms with E-state index in [1.807, 2.05) is 29.2 Å². The molecule has 2 aliphatic rings. The summed E-state index contributed by atoms with van der Waals surface area (Å²) in [5, 5.41) is 0. The van der Waals surface area contributed by atoms with Gasteiger partial charge in [0.1, 0.15) is 0 Å². The van der Waals surface area contributed by atoms with Crippen molar-refractivity contribution < 1.29 is 14.3 Å². The van der Waals surface area contributed by atoms with E-state index in [0.29, 0.717) is 23.5 Å². The Morgan fingerprint density at radius 1 is 1.19 bits per heavy atom. The monoisotopic (exact) mass is 360 g/mol. The second-order valence-electron chi connectivity index (χ2n) is 7.88. The third kappa shape index (κ3) is 4.91. The van der Waals surface area contributed by atoms with Gasteiger partial charge in [-0.3, -0.25) is 9.69 Å². The van der Waals surface area contributed by atoms with Crippen LogP contribution in [0.1, 0.15) is 33.1 Å². The zero-order chi connectivity index (χ0) is 18.5. The summed E-state index contributed by atoms with van der Waals surface area (Å²) in [7, 11) is 1.61. The summed E-state index contributed by atoms with van der Waals surface area (Å²) in [6, 6.07) is 7.90. The summed E-state index contributed by atoms with van der Waals surface area (Å²) in [6.45, 7) is 8.51. The minimum atomic E-state index is 0.0633. The number of carbonyl (C=O) groups is 1. The molecule has 1 atom stereocenters. The predicted molar refractivity (Wildman–Crippen MR) is 103 cm³/mol. The molecule has 1 amide bonds. The number of methoxy groups -OCH3 is 1. The number of carbonyl (C=O) groups excluding carboxylic acids is 1. The second kappa shape index (κ2) is 8.76. The maximum atomic E-state index is 12.8. The molecule has 1 saturated carbocycles. The van der Waals surface area contributed by atoms with Crippen molar-refractivity contribution in [1.82, 2.24) is 9.80 Å². The fourth-order valence-electron chi connectivity index (χ4n) is 3.75. The van der Waals surface area contributed by atoms with Crippen LogP contribution in [-0.2, 0) is 4.79 Å². The highest BCUT2D eigenvalue weighted by atomic mass is 16.5. The van der Waals surface area contributed by atoms with Gasteiger partial charge in [0.15, 0.2) is 18.1 Å². The van der Waals surface area contributed by atoms with Gasteiger partial charge in [-0.15, -0.1) is 0 Å². The van der Waals surface area contributed by atoms with Gasteiger partial charge in [0.25, 0.3) is 5.91 Å². The summed E-state index contributed by atoms with van der Waals surface area (Å²) in [4.78, 5) is 17.4. The van der Waals surface area contributed by atoms with Crippen LogP contribution >= 0.6 is 0 Å². The average Bonchev–Trinajstić information content (AvgIpc) is 3.47. The van der Waals surface area contributed by atoms with E-state index in [4.69, 9.17) is 9.47 Å². The van der Waals surface area contributed by atoms with E-state index in [2.05, 4.69) is 18.7 Å². The molecule has 1 aromatic rings. The van der Waals surface area contributed by atoms with Crippen LogP contribution in [0.2, 0.25) is 0 Å². The number of para-hydroxylation sites is 2. The molecular formula is C21H32N2O3. The lowest BCUT2D eigenvalue weighted by Gasteiger charge is -2.34. The maximum absolute atomic E-state index is 12.8. The zero-order valence-corrected chi connectivity index (χ0v) is 16.3. The van der Waals surface area contributed by atoms with Crippen molar-refractivity contribution in [1.29, 1.82) is 0 Å². The van der Waals surface area contributed by atoms with Gasteiger partial charge in [0.2, 0.25) is 0 Å². The van der Waals surface area contributed by atoms with E-state index in [1.54, 1.807) is 7.11 Å². The molecule has 1 heterocycles. The van der Waals surface area contributed by atoms with Crippen molar-refractivity contribution in [2.24, 2.45) is 11.8 Å². The first kappa shape index (κ1) is 19.0. The Labute approximate surface area is 157 Å². The zero-order valence-electron chi connectivity index (χ0n) is 16.3. The van der Waals surface area contributed by atoms with Crippen LogP contribution in [0.3, 0.4) is 0 Å². The van der Waals surface area contributed by atoms with Crippen LogP contribution < -0.4 is 9.47 Å². The van der Waals surface area contributed by atoms with Gasteiger partial charge in [-0.25, -0.2) is 0 Å². The predicted octanol–water partition coefficient (Wildman–Crippen LogP) is 3.04. The average molecular weight is 360 g/mol. The molecule has 3 rings (SSSR count). The molecule has 1 saturated heterocycles. The fourth-order valence-corrected chi connectivity index (χ4v) is 3.75. The van der Waals surface area contributed by atoms with E-state index < -0.39 is 0 Å². The van der Waals surface area contributed by atoms with Crippen molar-refractivity contribution in [3.8, 4) is 11.5 Å². The summed E-state index contributed by atoms with van der Waals surface area (Å²) in [5.41, 5.74) is 0. The van der Waals surface area contributed by atoms with Crippen molar-refractivity contribution in [2.75, 3.05) is 39.9 Å². The van der Waals surface area contributed by atoms with E-state index >= 15 is 0 Å². The van der Waals surface area contributed by atoms with Crippen LogP contribution in [0.25, 0.3) is 0 Å². The standard InChI is InChI=1S/C21H32N2O3/c1-16(2)18-14-23(12-6-11-22(18)13-17-9-10-17)21(24)15-26-20-8-5-4-7-19(20)25-3/h4-5,7-8,16-18H,6,9-15H2,1-3H3/t18-/m0/s1. The van der Waals surface area contributed by atoms with E-state index in [1.165, 1.54) is 19.4 Å². The Hall–Kier alpha value is -1.75. The smallest absolute Gasteiger partial charge is 0.260 e. The molecule has 1 aliphatic heterocycles. The quantitative estimate of drug-likeness (QED) is 0.749. The Morgan fingerprint density at radius 3 is 2.58 bits per heavy atom. The molecule has 144 valence electrons. The molecule has 0 N–H and O–H groups in total. The molecule has 0 unspecified atom stereocenters.